The molecule has 3 aromatic heterocycles. The van der Waals surface area contributed by atoms with Crippen LogP contribution in [0.4, 0.5) is 5.82 Å². The summed E-state index contributed by atoms with van der Waals surface area (Å²) < 4.78 is 17.7. The molecule has 5 heterocycles. The summed E-state index contributed by atoms with van der Waals surface area (Å²) in [6.45, 7) is 8.62. The Balaban J connectivity index is 1.32. The SMILES string of the molecule is c1cc(OCCN2CCNCC2)cc(-c2nc(N3CCOCC3)c3oc4ncccc4c3n2)c1. The van der Waals surface area contributed by atoms with Crippen LogP contribution in [0, 0.1) is 0 Å². The molecule has 1 N–H and O–H groups in total. The highest BCUT2D eigenvalue weighted by atomic mass is 16.5. The maximum absolute atomic E-state index is 6.11. The van der Waals surface area contributed by atoms with Gasteiger partial charge in [0.1, 0.15) is 17.9 Å². The van der Waals surface area contributed by atoms with Gasteiger partial charge in [0.15, 0.2) is 17.2 Å². The topological polar surface area (TPSA) is 88.8 Å². The van der Waals surface area contributed by atoms with E-state index >= 15 is 0 Å². The third-order valence-corrected chi connectivity index (χ3v) is 6.36. The highest BCUT2D eigenvalue weighted by Gasteiger charge is 2.23. The number of aromatic nitrogens is 3. The number of rotatable bonds is 6. The summed E-state index contributed by atoms with van der Waals surface area (Å²) in [5, 5.41) is 4.27. The normalized spacial score (nSPS) is 17.5. The van der Waals surface area contributed by atoms with Crippen molar-refractivity contribution in [2.24, 2.45) is 0 Å². The number of hydrogen-bond donors (Lipinski definition) is 1. The summed E-state index contributed by atoms with van der Waals surface area (Å²) in [5.41, 5.74) is 2.93. The van der Waals surface area contributed by atoms with Gasteiger partial charge in [-0.25, -0.2) is 15.0 Å². The Labute approximate surface area is 197 Å². The van der Waals surface area contributed by atoms with E-state index in [1.54, 1.807) is 6.20 Å². The van der Waals surface area contributed by atoms with Crippen LogP contribution in [-0.4, -0.2) is 85.5 Å². The molecule has 0 radical (unpaired) electrons. The van der Waals surface area contributed by atoms with Crippen LogP contribution in [0.1, 0.15) is 0 Å². The van der Waals surface area contributed by atoms with Gasteiger partial charge >= 0.3 is 0 Å². The zero-order valence-corrected chi connectivity index (χ0v) is 19.1. The Morgan fingerprint density at radius 1 is 1.00 bits per heavy atom. The maximum Gasteiger partial charge on any atom is 0.229 e. The molecule has 6 rings (SSSR count). The molecule has 2 fully saturated rings. The number of pyridine rings is 1. The predicted octanol–water partition coefficient (Wildman–Crippen LogP) is 2.56. The van der Waals surface area contributed by atoms with Crippen LogP contribution in [0.25, 0.3) is 33.6 Å². The molecule has 0 unspecified atom stereocenters. The van der Waals surface area contributed by atoms with Crippen molar-refractivity contribution in [1.29, 1.82) is 0 Å². The highest BCUT2D eigenvalue weighted by Crippen LogP contribution is 2.34. The molecular weight excluding hydrogens is 432 g/mol. The summed E-state index contributed by atoms with van der Waals surface area (Å²) in [7, 11) is 0. The largest absolute Gasteiger partial charge is 0.492 e. The molecule has 0 aliphatic carbocycles. The summed E-state index contributed by atoms with van der Waals surface area (Å²) in [5.74, 6) is 2.25. The van der Waals surface area contributed by atoms with Gasteiger partial charge in [-0.3, -0.25) is 4.90 Å². The summed E-state index contributed by atoms with van der Waals surface area (Å²) in [6.07, 6.45) is 1.73. The van der Waals surface area contributed by atoms with E-state index in [0.717, 1.165) is 73.8 Å². The van der Waals surface area contributed by atoms with Crippen molar-refractivity contribution in [1.82, 2.24) is 25.2 Å². The van der Waals surface area contributed by atoms with Gasteiger partial charge in [0.25, 0.3) is 0 Å². The number of fused-ring (bicyclic) bond motifs is 3. The summed E-state index contributed by atoms with van der Waals surface area (Å²) in [6, 6.07) is 11.9. The van der Waals surface area contributed by atoms with Gasteiger partial charge in [-0.1, -0.05) is 12.1 Å². The van der Waals surface area contributed by atoms with E-state index in [1.807, 2.05) is 36.4 Å². The van der Waals surface area contributed by atoms with E-state index < -0.39 is 0 Å². The van der Waals surface area contributed by atoms with Gasteiger partial charge in [-0.05, 0) is 24.3 Å². The van der Waals surface area contributed by atoms with Crippen LogP contribution in [0.5, 0.6) is 5.75 Å². The van der Waals surface area contributed by atoms with E-state index in [-0.39, 0.29) is 0 Å². The fourth-order valence-corrected chi connectivity index (χ4v) is 4.54. The van der Waals surface area contributed by atoms with Crippen molar-refractivity contribution in [3.05, 3.63) is 42.6 Å². The van der Waals surface area contributed by atoms with Gasteiger partial charge in [0, 0.05) is 57.6 Å². The molecule has 9 heteroatoms. The molecule has 2 aliphatic rings. The van der Waals surface area contributed by atoms with E-state index in [1.165, 1.54) is 0 Å². The molecule has 0 spiro atoms. The molecule has 0 amide bonds. The Morgan fingerprint density at radius 3 is 2.76 bits per heavy atom. The lowest BCUT2D eigenvalue weighted by molar-refractivity contribution is 0.122. The van der Waals surface area contributed by atoms with E-state index in [4.69, 9.17) is 23.9 Å². The van der Waals surface area contributed by atoms with Gasteiger partial charge in [0.2, 0.25) is 5.71 Å². The first-order chi connectivity index (χ1) is 16.8. The number of hydrogen-bond acceptors (Lipinski definition) is 9. The molecule has 2 saturated heterocycles. The lowest BCUT2D eigenvalue weighted by Gasteiger charge is -2.27. The minimum absolute atomic E-state index is 0.573. The van der Waals surface area contributed by atoms with Crippen molar-refractivity contribution in [2.75, 3.05) is 70.5 Å². The number of anilines is 1. The Morgan fingerprint density at radius 2 is 1.88 bits per heavy atom. The highest BCUT2D eigenvalue weighted by molar-refractivity contribution is 6.05. The molecule has 0 saturated carbocycles. The minimum atomic E-state index is 0.573. The van der Waals surface area contributed by atoms with Crippen molar-refractivity contribution in [2.45, 2.75) is 0 Å². The smallest absolute Gasteiger partial charge is 0.229 e. The molecule has 1 aromatic carbocycles. The van der Waals surface area contributed by atoms with Gasteiger partial charge in [0.05, 0.1) is 18.6 Å². The van der Waals surface area contributed by atoms with Crippen molar-refractivity contribution < 1.29 is 13.9 Å². The fourth-order valence-electron chi connectivity index (χ4n) is 4.54. The fraction of sp³-hybridized carbons (Fsp3) is 0.400. The zero-order chi connectivity index (χ0) is 22.7. The number of nitrogens with zero attached hydrogens (tertiary/aromatic N) is 5. The third kappa shape index (κ3) is 4.29. The molecule has 176 valence electrons. The monoisotopic (exact) mass is 460 g/mol. The lowest BCUT2D eigenvalue weighted by atomic mass is 10.2. The van der Waals surface area contributed by atoms with Crippen LogP contribution in [-0.2, 0) is 4.74 Å². The molecule has 0 bridgehead atoms. The van der Waals surface area contributed by atoms with Crippen molar-refractivity contribution in [3.8, 4) is 17.1 Å². The Kier molecular flexibility index (Phi) is 5.97. The number of piperazine rings is 1. The van der Waals surface area contributed by atoms with Crippen molar-refractivity contribution >= 4 is 28.0 Å². The van der Waals surface area contributed by atoms with E-state index in [0.29, 0.717) is 36.9 Å². The first-order valence-electron chi connectivity index (χ1n) is 11.9. The number of ether oxygens (including phenoxy) is 2. The molecule has 4 aromatic rings. The first-order valence-corrected chi connectivity index (χ1v) is 11.9. The second-order valence-corrected chi connectivity index (χ2v) is 8.57. The average molecular weight is 461 g/mol. The molecule has 9 nitrogen and oxygen atoms in total. The van der Waals surface area contributed by atoms with Crippen molar-refractivity contribution in [3.63, 3.8) is 0 Å². The first kappa shape index (κ1) is 21.3. The van der Waals surface area contributed by atoms with Crippen LogP contribution < -0.4 is 15.0 Å². The number of furan rings is 1. The molecule has 2 aliphatic heterocycles. The second-order valence-electron chi connectivity index (χ2n) is 8.57. The Bertz CT molecular complexity index is 1280. The second kappa shape index (κ2) is 9.54. The van der Waals surface area contributed by atoms with E-state index in [9.17, 15) is 0 Å². The van der Waals surface area contributed by atoms with Gasteiger partial charge in [-0.15, -0.1) is 0 Å². The average Bonchev–Trinajstić information content (AvgIpc) is 3.28. The quantitative estimate of drug-likeness (QED) is 0.466. The predicted molar refractivity (Wildman–Crippen MR) is 130 cm³/mol. The standard InChI is InChI=1S/C25H28N6O3/c1-3-18(17-19(4-1)33-16-11-30-9-7-26-8-10-30)23-28-21-20-5-2-6-27-25(20)34-22(21)24(29-23)31-12-14-32-15-13-31/h1-6,17,26H,7-16H2. The third-order valence-electron chi connectivity index (χ3n) is 6.36. The Hall–Kier alpha value is -3.27. The van der Waals surface area contributed by atoms with Crippen LogP contribution in [0.15, 0.2) is 47.0 Å². The maximum atomic E-state index is 6.11. The van der Waals surface area contributed by atoms with Gasteiger partial charge < -0.3 is 24.1 Å². The number of benzene rings is 1. The minimum Gasteiger partial charge on any atom is -0.492 e. The lowest BCUT2D eigenvalue weighted by Crippen LogP contribution is -2.44. The molecular formula is C25H28N6O3. The van der Waals surface area contributed by atoms with Crippen LogP contribution in [0.2, 0.25) is 0 Å². The summed E-state index contributed by atoms with van der Waals surface area (Å²) in [4.78, 5) is 18.9. The number of morpholine rings is 1. The number of nitrogens with one attached hydrogen (secondary N) is 1. The summed E-state index contributed by atoms with van der Waals surface area (Å²) >= 11 is 0. The molecule has 34 heavy (non-hydrogen) atoms. The zero-order valence-electron chi connectivity index (χ0n) is 19.1. The van der Waals surface area contributed by atoms with Crippen LogP contribution in [0.3, 0.4) is 0 Å². The van der Waals surface area contributed by atoms with Crippen LogP contribution >= 0.6 is 0 Å². The van der Waals surface area contributed by atoms with E-state index in [2.05, 4.69) is 20.1 Å². The molecule has 0 atom stereocenters. The van der Waals surface area contributed by atoms with Gasteiger partial charge in [-0.2, -0.15) is 0 Å².